The zero-order valence-electron chi connectivity index (χ0n) is 15.4. The molecule has 6 heteroatoms. The van der Waals surface area contributed by atoms with E-state index < -0.39 is 10.0 Å². The summed E-state index contributed by atoms with van der Waals surface area (Å²) in [5.74, 6) is 0. The number of anilines is 1. The van der Waals surface area contributed by atoms with E-state index in [9.17, 15) is 8.42 Å². The molecule has 1 heterocycles. The van der Waals surface area contributed by atoms with Crippen LogP contribution >= 0.6 is 0 Å². The lowest BCUT2D eigenvalue weighted by atomic mass is 9.92. The molecule has 25 heavy (non-hydrogen) atoms. The quantitative estimate of drug-likeness (QED) is 0.877. The first-order valence-electron chi connectivity index (χ1n) is 8.86. The number of aryl methyl sites for hydroxylation is 1. The van der Waals surface area contributed by atoms with Crippen LogP contribution in [-0.2, 0) is 15.4 Å². The summed E-state index contributed by atoms with van der Waals surface area (Å²) in [5, 5.41) is 4.69. The summed E-state index contributed by atoms with van der Waals surface area (Å²) < 4.78 is 30.7. The molecule has 0 unspecified atom stereocenters. The van der Waals surface area contributed by atoms with Crippen molar-refractivity contribution in [3.8, 4) is 0 Å². The molecule has 5 nitrogen and oxygen atoms in total. The topological polar surface area (TPSA) is 64.0 Å². The summed E-state index contributed by atoms with van der Waals surface area (Å²) in [5.41, 5.74) is 1.87. The monoisotopic (exact) mass is 361 g/mol. The van der Waals surface area contributed by atoms with Gasteiger partial charge < -0.3 is 0 Å². The highest BCUT2D eigenvalue weighted by Crippen LogP contribution is 2.34. The summed E-state index contributed by atoms with van der Waals surface area (Å²) in [4.78, 5) is 0.286. The van der Waals surface area contributed by atoms with E-state index in [0.717, 1.165) is 18.4 Å². The van der Waals surface area contributed by atoms with E-state index in [2.05, 4.69) is 9.82 Å². The van der Waals surface area contributed by atoms with Gasteiger partial charge in [0, 0.05) is 17.3 Å². The fourth-order valence-corrected chi connectivity index (χ4v) is 4.76. The van der Waals surface area contributed by atoms with Gasteiger partial charge in [-0.15, -0.1) is 0 Å². The van der Waals surface area contributed by atoms with Crippen molar-refractivity contribution in [3.05, 3.63) is 41.7 Å². The third-order valence-corrected chi connectivity index (χ3v) is 6.05. The number of nitrogens with zero attached hydrogens (tertiary/aromatic N) is 2. The highest BCUT2D eigenvalue weighted by atomic mass is 32.2. The summed E-state index contributed by atoms with van der Waals surface area (Å²) in [6, 6.07) is 7.69. The maximum absolute atomic E-state index is 13.0. The first-order chi connectivity index (χ1) is 11.7. The average molecular weight is 362 g/mol. The van der Waals surface area contributed by atoms with Gasteiger partial charge in [0.05, 0.1) is 11.7 Å². The standard InChI is InChI=1S/C19H27N3O2S/c1-14-8-7-9-15(12-14)21-25(23,24)17-13-22(16-10-5-6-11-16)20-18(17)19(2,3)4/h7-9,12-13,16,21H,5-6,10-11H2,1-4H3. The minimum Gasteiger partial charge on any atom is -0.280 e. The lowest BCUT2D eigenvalue weighted by Crippen LogP contribution is -2.20. The van der Waals surface area contributed by atoms with Crippen LogP contribution in [0.5, 0.6) is 0 Å². The van der Waals surface area contributed by atoms with E-state index in [-0.39, 0.29) is 10.3 Å². The number of benzene rings is 1. The van der Waals surface area contributed by atoms with Crippen molar-refractivity contribution in [2.45, 2.75) is 69.7 Å². The molecular weight excluding hydrogens is 334 g/mol. The van der Waals surface area contributed by atoms with Gasteiger partial charge in [0.1, 0.15) is 4.90 Å². The Labute approximate surface area is 150 Å². The highest BCUT2D eigenvalue weighted by molar-refractivity contribution is 7.92. The third kappa shape index (κ3) is 3.89. The van der Waals surface area contributed by atoms with Gasteiger partial charge in [-0.1, -0.05) is 45.7 Å². The fraction of sp³-hybridized carbons (Fsp3) is 0.526. The Kier molecular flexibility index (Phi) is 4.66. The molecular formula is C19H27N3O2S. The van der Waals surface area contributed by atoms with Crippen molar-refractivity contribution in [1.29, 1.82) is 0 Å². The smallest absolute Gasteiger partial charge is 0.265 e. The van der Waals surface area contributed by atoms with Crippen molar-refractivity contribution >= 4 is 15.7 Å². The van der Waals surface area contributed by atoms with Gasteiger partial charge in [-0.05, 0) is 37.5 Å². The lowest BCUT2D eigenvalue weighted by Gasteiger charge is -2.18. The first kappa shape index (κ1) is 18.0. The van der Waals surface area contributed by atoms with E-state index in [0.29, 0.717) is 17.4 Å². The molecule has 1 aliphatic carbocycles. The number of hydrogen-bond donors (Lipinski definition) is 1. The summed E-state index contributed by atoms with van der Waals surface area (Å²) >= 11 is 0. The van der Waals surface area contributed by atoms with Gasteiger partial charge in [0.25, 0.3) is 10.0 Å². The van der Waals surface area contributed by atoms with Crippen LogP contribution in [0.25, 0.3) is 0 Å². The SMILES string of the molecule is Cc1cccc(NS(=O)(=O)c2cn(C3CCCC3)nc2C(C)(C)C)c1. The molecule has 0 saturated heterocycles. The van der Waals surface area contributed by atoms with E-state index in [1.54, 1.807) is 12.3 Å². The molecule has 0 spiro atoms. The van der Waals surface area contributed by atoms with Gasteiger partial charge in [0.15, 0.2) is 0 Å². The highest BCUT2D eigenvalue weighted by Gasteiger charge is 2.32. The zero-order chi connectivity index (χ0) is 18.2. The van der Waals surface area contributed by atoms with E-state index in [1.165, 1.54) is 12.8 Å². The summed E-state index contributed by atoms with van der Waals surface area (Å²) in [7, 11) is -3.69. The molecule has 1 aliphatic rings. The molecule has 3 rings (SSSR count). The van der Waals surface area contributed by atoms with E-state index in [4.69, 9.17) is 0 Å². The van der Waals surface area contributed by atoms with Gasteiger partial charge in [-0.3, -0.25) is 9.40 Å². The van der Waals surface area contributed by atoms with Crippen LogP contribution in [0.3, 0.4) is 0 Å². The Bertz CT molecular complexity index is 857. The number of nitrogens with one attached hydrogen (secondary N) is 1. The van der Waals surface area contributed by atoms with Crippen LogP contribution < -0.4 is 4.72 Å². The Morgan fingerprint density at radius 3 is 2.48 bits per heavy atom. The van der Waals surface area contributed by atoms with Crippen LogP contribution in [0.2, 0.25) is 0 Å². The second kappa shape index (κ2) is 6.48. The molecule has 2 aromatic rings. The molecule has 0 radical (unpaired) electrons. The largest absolute Gasteiger partial charge is 0.280 e. The van der Waals surface area contributed by atoms with Crippen molar-refractivity contribution in [3.63, 3.8) is 0 Å². The molecule has 1 fully saturated rings. The molecule has 1 aromatic heterocycles. The summed E-state index contributed by atoms with van der Waals surface area (Å²) in [6.07, 6.45) is 6.21. The predicted octanol–water partition coefficient (Wildman–Crippen LogP) is 4.40. The second-order valence-corrected chi connectivity index (χ2v) is 9.64. The maximum Gasteiger partial charge on any atom is 0.265 e. The molecule has 0 atom stereocenters. The van der Waals surface area contributed by atoms with Crippen molar-refractivity contribution < 1.29 is 8.42 Å². The van der Waals surface area contributed by atoms with Gasteiger partial charge >= 0.3 is 0 Å². The van der Waals surface area contributed by atoms with Crippen LogP contribution in [0.15, 0.2) is 35.4 Å². The number of hydrogen-bond acceptors (Lipinski definition) is 3. The first-order valence-corrected chi connectivity index (χ1v) is 10.3. The van der Waals surface area contributed by atoms with Crippen molar-refractivity contribution in [1.82, 2.24) is 9.78 Å². The molecule has 0 aliphatic heterocycles. The molecule has 0 amide bonds. The van der Waals surface area contributed by atoms with Crippen LogP contribution in [0.1, 0.15) is 63.8 Å². The van der Waals surface area contributed by atoms with Crippen LogP contribution in [0, 0.1) is 6.92 Å². The van der Waals surface area contributed by atoms with Crippen LogP contribution in [-0.4, -0.2) is 18.2 Å². The Balaban J connectivity index is 2.01. The van der Waals surface area contributed by atoms with Crippen molar-refractivity contribution in [2.75, 3.05) is 4.72 Å². The summed E-state index contributed by atoms with van der Waals surface area (Å²) in [6.45, 7) is 7.94. The van der Waals surface area contributed by atoms with Crippen molar-refractivity contribution in [2.24, 2.45) is 0 Å². The Morgan fingerprint density at radius 2 is 1.88 bits per heavy atom. The molecule has 0 bridgehead atoms. The molecule has 136 valence electrons. The molecule has 1 aromatic carbocycles. The maximum atomic E-state index is 13.0. The zero-order valence-corrected chi connectivity index (χ0v) is 16.2. The third-order valence-electron chi connectivity index (χ3n) is 4.67. The Hall–Kier alpha value is -1.82. The predicted molar refractivity (Wildman–Crippen MR) is 100 cm³/mol. The Morgan fingerprint density at radius 1 is 1.20 bits per heavy atom. The molecule has 1 saturated carbocycles. The normalized spacial score (nSPS) is 16.3. The number of sulfonamides is 1. The second-order valence-electron chi connectivity index (χ2n) is 7.99. The van der Waals surface area contributed by atoms with Gasteiger partial charge in [-0.2, -0.15) is 5.10 Å². The number of aromatic nitrogens is 2. The minimum absolute atomic E-state index is 0.286. The fourth-order valence-electron chi connectivity index (χ4n) is 3.37. The molecule has 1 N–H and O–H groups in total. The lowest BCUT2D eigenvalue weighted by molar-refractivity contribution is 0.448. The number of rotatable bonds is 4. The average Bonchev–Trinajstić information content (AvgIpc) is 3.16. The van der Waals surface area contributed by atoms with E-state index in [1.807, 2.05) is 50.6 Å². The van der Waals surface area contributed by atoms with Gasteiger partial charge in [0.2, 0.25) is 0 Å². The van der Waals surface area contributed by atoms with Gasteiger partial charge in [-0.25, -0.2) is 8.42 Å². The minimum atomic E-state index is -3.69. The van der Waals surface area contributed by atoms with Crippen LogP contribution in [0.4, 0.5) is 5.69 Å². The van der Waals surface area contributed by atoms with E-state index >= 15 is 0 Å².